The molecule has 0 aliphatic heterocycles. The maximum Gasteiger partial charge on any atom is 0.238 e. The molecule has 1 aromatic heterocycles. The van der Waals surface area contributed by atoms with Gasteiger partial charge >= 0.3 is 0 Å². The zero-order valence-electron chi connectivity index (χ0n) is 9.58. The molecule has 17 heavy (non-hydrogen) atoms. The lowest BCUT2D eigenvalue weighted by molar-refractivity contribution is 0.384. The molecule has 2 aromatic rings. The Kier molecular flexibility index (Phi) is 3.40. The molecule has 1 heterocycles. The van der Waals surface area contributed by atoms with Gasteiger partial charge in [-0.3, -0.25) is 0 Å². The highest BCUT2D eigenvalue weighted by Crippen LogP contribution is 2.29. The van der Waals surface area contributed by atoms with Crippen LogP contribution < -0.4 is 14.2 Å². The maximum absolute atomic E-state index is 5.53. The number of methoxy groups -OCH3 is 2. The Morgan fingerprint density at radius 2 is 1.59 bits per heavy atom. The first kappa shape index (κ1) is 11.2. The Hall–Kier alpha value is -2.30. The lowest BCUT2D eigenvalue weighted by Gasteiger charge is -2.08. The van der Waals surface area contributed by atoms with Crippen molar-refractivity contribution in [1.82, 2.24) is 10.2 Å². The summed E-state index contributed by atoms with van der Waals surface area (Å²) in [5.41, 5.74) is 0. The van der Waals surface area contributed by atoms with Gasteiger partial charge in [-0.15, -0.1) is 5.10 Å². The van der Waals surface area contributed by atoms with E-state index in [4.69, 9.17) is 14.2 Å². The highest BCUT2D eigenvalue weighted by Gasteiger charge is 2.04. The first-order chi connectivity index (χ1) is 8.31. The third-order valence-electron chi connectivity index (χ3n) is 2.10. The van der Waals surface area contributed by atoms with Crippen LogP contribution in [0.25, 0.3) is 0 Å². The van der Waals surface area contributed by atoms with Gasteiger partial charge in [-0.05, 0) is 6.07 Å². The predicted octanol–water partition coefficient (Wildman–Crippen LogP) is 2.29. The van der Waals surface area contributed by atoms with Gasteiger partial charge in [0.05, 0.1) is 14.2 Å². The highest BCUT2D eigenvalue weighted by molar-refractivity contribution is 5.43. The van der Waals surface area contributed by atoms with E-state index < -0.39 is 0 Å². The minimum Gasteiger partial charge on any atom is -0.496 e. The van der Waals surface area contributed by atoms with Crippen molar-refractivity contribution in [1.29, 1.82) is 0 Å². The lowest BCUT2D eigenvalue weighted by Crippen LogP contribution is -1.92. The molecule has 0 bridgehead atoms. The molecule has 0 radical (unpaired) electrons. The van der Waals surface area contributed by atoms with E-state index in [0.29, 0.717) is 23.1 Å². The van der Waals surface area contributed by atoms with Gasteiger partial charge in [0.15, 0.2) is 0 Å². The standard InChI is InChI=1S/C12H12N2O3/c1-15-9-6-10(16-2)8-11(7-9)17-12-4-3-5-13-14-12/h3-8H,1-2H3. The molecule has 2 rings (SSSR count). The SMILES string of the molecule is COc1cc(OC)cc(Oc2cccnn2)c1. The molecule has 0 N–H and O–H groups in total. The van der Waals surface area contributed by atoms with E-state index in [1.54, 1.807) is 50.7 Å². The zero-order chi connectivity index (χ0) is 12.1. The van der Waals surface area contributed by atoms with E-state index in [2.05, 4.69) is 10.2 Å². The van der Waals surface area contributed by atoms with Crippen molar-refractivity contribution in [3.05, 3.63) is 36.5 Å². The molecule has 0 saturated heterocycles. The summed E-state index contributed by atoms with van der Waals surface area (Å²) in [5, 5.41) is 7.56. The second kappa shape index (κ2) is 5.16. The number of benzene rings is 1. The molecule has 5 heteroatoms. The van der Waals surface area contributed by atoms with E-state index in [1.807, 2.05) is 0 Å². The molecule has 0 atom stereocenters. The number of hydrogen-bond acceptors (Lipinski definition) is 5. The number of aromatic nitrogens is 2. The first-order valence-electron chi connectivity index (χ1n) is 5.00. The van der Waals surface area contributed by atoms with Crippen molar-refractivity contribution >= 4 is 0 Å². The Morgan fingerprint density at radius 3 is 2.12 bits per heavy atom. The van der Waals surface area contributed by atoms with E-state index in [1.165, 1.54) is 0 Å². The average molecular weight is 232 g/mol. The fourth-order valence-electron chi connectivity index (χ4n) is 1.30. The van der Waals surface area contributed by atoms with Crippen LogP contribution >= 0.6 is 0 Å². The van der Waals surface area contributed by atoms with Gasteiger partial charge in [0.1, 0.15) is 17.2 Å². The van der Waals surface area contributed by atoms with Crippen LogP contribution in [-0.4, -0.2) is 24.4 Å². The fraction of sp³-hybridized carbons (Fsp3) is 0.167. The second-order valence-electron chi connectivity index (χ2n) is 3.21. The van der Waals surface area contributed by atoms with Crippen molar-refractivity contribution in [2.24, 2.45) is 0 Å². The number of rotatable bonds is 4. The van der Waals surface area contributed by atoms with Crippen molar-refractivity contribution < 1.29 is 14.2 Å². The van der Waals surface area contributed by atoms with Crippen LogP contribution in [0.3, 0.4) is 0 Å². The van der Waals surface area contributed by atoms with Crippen LogP contribution in [0.15, 0.2) is 36.5 Å². The maximum atomic E-state index is 5.53. The normalized spacial score (nSPS) is 9.76. The number of hydrogen-bond donors (Lipinski definition) is 0. The summed E-state index contributed by atoms with van der Waals surface area (Å²) < 4.78 is 15.8. The first-order valence-corrected chi connectivity index (χ1v) is 5.00. The van der Waals surface area contributed by atoms with Gasteiger partial charge < -0.3 is 14.2 Å². The van der Waals surface area contributed by atoms with Crippen LogP contribution in [0.5, 0.6) is 23.1 Å². The number of nitrogens with zero attached hydrogens (tertiary/aromatic N) is 2. The van der Waals surface area contributed by atoms with Crippen LogP contribution in [0.2, 0.25) is 0 Å². The van der Waals surface area contributed by atoms with E-state index in [-0.39, 0.29) is 0 Å². The molecular weight excluding hydrogens is 220 g/mol. The lowest BCUT2D eigenvalue weighted by atomic mass is 10.3. The smallest absolute Gasteiger partial charge is 0.238 e. The summed E-state index contributed by atoms with van der Waals surface area (Å²) in [7, 11) is 3.17. The average Bonchev–Trinajstić information content (AvgIpc) is 2.39. The van der Waals surface area contributed by atoms with Gasteiger partial charge in [0.25, 0.3) is 0 Å². The van der Waals surface area contributed by atoms with Gasteiger partial charge in [0.2, 0.25) is 5.88 Å². The van der Waals surface area contributed by atoms with Crippen molar-refractivity contribution in [3.63, 3.8) is 0 Å². The largest absolute Gasteiger partial charge is 0.496 e. The molecule has 0 fully saturated rings. The number of ether oxygens (including phenoxy) is 3. The summed E-state index contributed by atoms with van der Waals surface area (Å²) in [6, 6.07) is 8.73. The third kappa shape index (κ3) is 2.84. The van der Waals surface area contributed by atoms with Crippen molar-refractivity contribution in [2.75, 3.05) is 14.2 Å². The molecule has 0 saturated carbocycles. The van der Waals surface area contributed by atoms with E-state index >= 15 is 0 Å². The van der Waals surface area contributed by atoms with E-state index in [9.17, 15) is 0 Å². The Bertz CT molecular complexity index is 466. The van der Waals surface area contributed by atoms with E-state index in [0.717, 1.165) is 0 Å². The van der Waals surface area contributed by atoms with Gasteiger partial charge in [0, 0.05) is 30.5 Å². The summed E-state index contributed by atoms with van der Waals surface area (Å²) in [6.07, 6.45) is 1.58. The summed E-state index contributed by atoms with van der Waals surface area (Å²) in [6.45, 7) is 0. The molecule has 5 nitrogen and oxygen atoms in total. The Morgan fingerprint density at radius 1 is 0.941 bits per heavy atom. The van der Waals surface area contributed by atoms with Crippen LogP contribution in [-0.2, 0) is 0 Å². The molecular formula is C12H12N2O3. The van der Waals surface area contributed by atoms with Crippen molar-refractivity contribution in [3.8, 4) is 23.1 Å². The summed E-state index contributed by atoms with van der Waals surface area (Å²) >= 11 is 0. The Balaban J connectivity index is 2.26. The molecule has 0 aliphatic carbocycles. The van der Waals surface area contributed by atoms with Gasteiger partial charge in [-0.25, -0.2) is 0 Å². The summed E-state index contributed by atoms with van der Waals surface area (Å²) in [4.78, 5) is 0. The third-order valence-corrected chi connectivity index (χ3v) is 2.10. The molecule has 1 aromatic carbocycles. The highest BCUT2D eigenvalue weighted by atomic mass is 16.5. The van der Waals surface area contributed by atoms with Crippen LogP contribution in [0.1, 0.15) is 0 Å². The monoisotopic (exact) mass is 232 g/mol. The molecule has 88 valence electrons. The fourth-order valence-corrected chi connectivity index (χ4v) is 1.30. The molecule has 0 spiro atoms. The zero-order valence-corrected chi connectivity index (χ0v) is 9.58. The Labute approximate surface area is 99.0 Å². The van der Waals surface area contributed by atoms with Crippen LogP contribution in [0.4, 0.5) is 0 Å². The summed E-state index contributed by atoms with van der Waals surface area (Å²) in [5.74, 6) is 2.32. The van der Waals surface area contributed by atoms with Gasteiger partial charge in [-0.2, -0.15) is 5.10 Å². The molecule has 0 unspecified atom stereocenters. The second-order valence-corrected chi connectivity index (χ2v) is 3.21. The van der Waals surface area contributed by atoms with Crippen LogP contribution in [0, 0.1) is 0 Å². The van der Waals surface area contributed by atoms with Crippen molar-refractivity contribution in [2.45, 2.75) is 0 Å². The molecule has 0 amide bonds. The van der Waals surface area contributed by atoms with Gasteiger partial charge in [-0.1, -0.05) is 0 Å². The minimum atomic E-state index is 0.419. The molecule has 0 aliphatic rings. The minimum absolute atomic E-state index is 0.419. The topological polar surface area (TPSA) is 53.5 Å². The quantitative estimate of drug-likeness (QED) is 0.809. The predicted molar refractivity (Wildman–Crippen MR) is 61.7 cm³/mol.